The van der Waals surface area contributed by atoms with E-state index < -0.39 is 10.0 Å². The maximum atomic E-state index is 12.3. The highest BCUT2D eigenvalue weighted by Crippen LogP contribution is 2.23. The van der Waals surface area contributed by atoms with Crippen molar-refractivity contribution in [3.8, 4) is 0 Å². The fourth-order valence-corrected chi connectivity index (χ4v) is 5.03. The van der Waals surface area contributed by atoms with Crippen LogP contribution in [0.5, 0.6) is 0 Å². The second-order valence-electron chi connectivity index (χ2n) is 4.26. The molecule has 0 spiro atoms. The van der Waals surface area contributed by atoms with E-state index in [-0.39, 0.29) is 0 Å². The quantitative estimate of drug-likeness (QED) is 0.763. The Morgan fingerprint density at radius 1 is 1.20 bits per heavy atom. The van der Waals surface area contributed by atoms with Gasteiger partial charge in [-0.1, -0.05) is 22.0 Å². The van der Waals surface area contributed by atoms with Gasteiger partial charge in [-0.15, -0.1) is 11.3 Å². The van der Waals surface area contributed by atoms with E-state index in [4.69, 9.17) is 0 Å². The van der Waals surface area contributed by atoms with Gasteiger partial charge in [0.15, 0.2) is 0 Å². The summed E-state index contributed by atoms with van der Waals surface area (Å²) in [5, 5.41) is 0. The van der Waals surface area contributed by atoms with Gasteiger partial charge >= 0.3 is 0 Å². The first-order valence-corrected chi connectivity index (χ1v) is 9.77. The number of nitrogens with one attached hydrogen (secondary N) is 1. The first-order chi connectivity index (χ1) is 9.38. The maximum absolute atomic E-state index is 12.3. The lowest BCUT2D eigenvalue weighted by molar-refractivity contribution is 0.581. The highest BCUT2D eigenvalue weighted by atomic mass is 79.9. The molecule has 0 saturated carbocycles. The zero-order valence-electron chi connectivity index (χ0n) is 10.7. The Morgan fingerprint density at radius 3 is 2.60 bits per heavy atom. The van der Waals surface area contributed by atoms with Crippen LogP contribution in [-0.2, 0) is 16.4 Å². The van der Waals surface area contributed by atoms with E-state index >= 15 is 0 Å². The Labute approximate surface area is 139 Å². The highest BCUT2D eigenvalue weighted by Gasteiger charge is 2.16. The summed E-state index contributed by atoms with van der Waals surface area (Å²) in [7, 11) is -3.46. The van der Waals surface area contributed by atoms with Gasteiger partial charge < -0.3 is 0 Å². The van der Waals surface area contributed by atoms with E-state index in [9.17, 15) is 8.42 Å². The third kappa shape index (κ3) is 4.14. The van der Waals surface area contributed by atoms with Crippen LogP contribution in [0.1, 0.15) is 10.4 Å². The molecule has 0 fully saturated rings. The zero-order chi connectivity index (χ0) is 14.8. The molecular formula is C13H13Br2NO2S2. The summed E-state index contributed by atoms with van der Waals surface area (Å²) < 4.78 is 29.0. The maximum Gasteiger partial charge on any atom is 0.240 e. The minimum atomic E-state index is -3.46. The fraction of sp³-hybridized carbons (Fsp3) is 0.231. The standard InChI is InChI=1S/C13H13Br2NO2S2/c1-9-2-3-10(14)8-12(9)20(17,18)16-7-6-11-4-5-13(15)19-11/h2-5,8,16H,6-7H2,1H3. The van der Waals surface area contributed by atoms with Crippen molar-refractivity contribution in [1.29, 1.82) is 0 Å². The number of rotatable bonds is 5. The van der Waals surface area contributed by atoms with E-state index in [2.05, 4.69) is 36.6 Å². The van der Waals surface area contributed by atoms with Crippen LogP contribution in [0.2, 0.25) is 0 Å². The Hall–Kier alpha value is -0.210. The molecule has 0 saturated heterocycles. The third-order valence-corrected chi connectivity index (χ3v) is 6.51. The Balaban J connectivity index is 2.06. The lowest BCUT2D eigenvalue weighted by atomic mass is 10.2. The van der Waals surface area contributed by atoms with Gasteiger partial charge in [0, 0.05) is 15.9 Å². The molecule has 0 unspecified atom stereocenters. The first kappa shape index (κ1) is 16.2. The van der Waals surface area contributed by atoms with Gasteiger partial charge in [-0.25, -0.2) is 13.1 Å². The van der Waals surface area contributed by atoms with Crippen LogP contribution in [0.4, 0.5) is 0 Å². The van der Waals surface area contributed by atoms with Crippen molar-refractivity contribution in [2.24, 2.45) is 0 Å². The van der Waals surface area contributed by atoms with Crippen LogP contribution in [0, 0.1) is 6.92 Å². The SMILES string of the molecule is Cc1ccc(Br)cc1S(=O)(=O)NCCc1ccc(Br)s1. The molecule has 0 aliphatic heterocycles. The van der Waals surface area contributed by atoms with E-state index in [0.29, 0.717) is 17.9 Å². The molecule has 2 rings (SSSR count). The normalized spacial score (nSPS) is 11.8. The van der Waals surface area contributed by atoms with Crippen molar-refractivity contribution in [2.45, 2.75) is 18.2 Å². The molecule has 1 aromatic heterocycles. The molecule has 0 bridgehead atoms. The lowest BCUT2D eigenvalue weighted by Gasteiger charge is -2.09. The van der Waals surface area contributed by atoms with E-state index in [1.807, 2.05) is 18.2 Å². The Morgan fingerprint density at radius 2 is 1.95 bits per heavy atom. The monoisotopic (exact) mass is 437 g/mol. The zero-order valence-corrected chi connectivity index (χ0v) is 15.5. The molecular weight excluding hydrogens is 426 g/mol. The number of aryl methyl sites for hydroxylation is 1. The predicted molar refractivity (Wildman–Crippen MR) is 89.8 cm³/mol. The second-order valence-corrected chi connectivity index (χ2v) is 9.46. The van der Waals surface area contributed by atoms with Crippen molar-refractivity contribution in [3.63, 3.8) is 0 Å². The summed E-state index contributed by atoms with van der Waals surface area (Å²) in [6.07, 6.45) is 0.683. The highest BCUT2D eigenvalue weighted by molar-refractivity contribution is 9.11. The van der Waals surface area contributed by atoms with Crippen molar-refractivity contribution >= 4 is 53.2 Å². The summed E-state index contributed by atoms with van der Waals surface area (Å²) in [5.74, 6) is 0. The third-order valence-electron chi connectivity index (χ3n) is 2.73. The molecule has 2 aromatic rings. The second kappa shape index (κ2) is 6.70. The molecule has 0 aliphatic carbocycles. The molecule has 7 heteroatoms. The molecule has 3 nitrogen and oxygen atoms in total. The Bertz CT molecular complexity index is 711. The molecule has 1 heterocycles. The van der Waals surface area contributed by atoms with Crippen molar-refractivity contribution in [1.82, 2.24) is 4.72 Å². The lowest BCUT2D eigenvalue weighted by Crippen LogP contribution is -2.26. The largest absolute Gasteiger partial charge is 0.240 e. The summed E-state index contributed by atoms with van der Waals surface area (Å²) in [6, 6.07) is 9.20. The van der Waals surface area contributed by atoms with Crippen LogP contribution >= 0.6 is 43.2 Å². The van der Waals surface area contributed by atoms with Crippen LogP contribution in [-0.4, -0.2) is 15.0 Å². The number of thiophene rings is 1. The number of hydrogen-bond acceptors (Lipinski definition) is 3. The fourth-order valence-electron chi connectivity index (χ4n) is 1.74. The summed E-state index contributed by atoms with van der Waals surface area (Å²) in [5.41, 5.74) is 0.736. The Kier molecular flexibility index (Phi) is 5.42. The van der Waals surface area contributed by atoms with Crippen molar-refractivity contribution < 1.29 is 8.42 Å². The van der Waals surface area contributed by atoms with Crippen LogP contribution in [0.25, 0.3) is 0 Å². The van der Waals surface area contributed by atoms with E-state index in [1.165, 1.54) is 0 Å². The van der Waals surface area contributed by atoms with Gasteiger partial charge in [0.2, 0.25) is 10.0 Å². The average Bonchev–Trinajstić information content (AvgIpc) is 2.78. The topological polar surface area (TPSA) is 46.2 Å². The van der Waals surface area contributed by atoms with Crippen LogP contribution in [0.15, 0.2) is 43.5 Å². The summed E-state index contributed by atoms with van der Waals surface area (Å²) >= 11 is 8.31. The first-order valence-electron chi connectivity index (χ1n) is 5.88. The summed E-state index contributed by atoms with van der Waals surface area (Å²) in [4.78, 5) is 1.46. The van der Waals surface area contributed by atoms with Crippen molar-refractivity contribution in [2.75, 3.05) is 6.54 Å². The van der Waals surface area contributed by atoms with Gasteiger partial charge in [-0.3, -0.25) is 0 Å². The van der Waals surface area contributed by atoms with Gasteiger partial charge in [0.1, 0.15) is 0 Å². The minimum Gasteiger partial charge on any atom is -0.211 e. The molecule has 108 valence electrons. The van der Waals surface area contributed by atoms with Gasteiger partial charge in [0.25, 0.3) is 0 Å². The van der Waals surface area contributed by atoms with Crippen LogP contribution < -0.4 is 4.72 Å². The predicted octanol–water partition coefficient (Wildman–Crippen LogP) is 4.10. The number of hydrogen-bond donors (Lipinski definition) is 1. The van der Waals surface area contributed by atoms with E-state index in [0.717, 1.165) is 18.7 Å². The number of halogens is 2. The van der Waals surface area contributed by atoms with E-state index in [1.54, 1.807) is 30.4 Å². The molecule has 1 N–H and O–H groups in total. The minimum absolute atomic E-state index is 0.319. The molecule has 0 aliphatic rings. The van der Waals surface area contributed by atoms with Gasteiger partial charge in [0.05, 0.1) is 8.68 Å². The molecule has 20 heavy (non-hydrogen) atoms. The van der Waals surface area contributed by atoms with Gasteiger partial charge in [-0.2, -0.15) is 0 Å². The van der Waals surface area contributed by atoms with Crippen LogP contribution in [0.3, 0.4) is 0 Å². The summed E-state index contributed by atoms with van der Waals surface area (Å²) in [6.45, 7) is 2.18. The van der Waals surface area contributed by atoms with Gasteiger partial charge in [-0.05, 0) is 59.1 Å². The van der Waals surface area contributed by atoms with Crippen molar-refractivity contribution in [3.05, 3.63) is 49.0 Å². The molecule has 0 amide bonds. The number of sulfonamides is 1. The number of benzene rings is 1. The average molecular weight is 439 g/mol. The molecule has 0 radical (unpaired) electrons. The smallest absolute Gasteiger partial charge is 0.211 e. The molecule has 1 aromatic carbocycles. The molecule has 0 atom stereocenters.